The molecule has 4 heteroatoms. The fourth-order valence-corrected chi connectivity index (χ4v) is 2.18. The molecule has 0 amide bonds. The first-order chi connectivity index (χ1) is 8.97. The van der Waals surface area contributed by atoms with Gasteiger partial charge in [0.2, 0.25) is 0 Å². The molecule has 0 unspecified atom stereocenters. The van der Waals surface area contributed by atoms with E-state index in [1.807, 2.05) is 6.92 Å². The van der Waals surface area contributed by atoms with Crippen molar-refractivity contribution >= 4 is 34.7 Å². The van der Waals surface area contributed by atoms with E-state index in [-0.39, 0.29) is 12.2 Å². The van der Waals surface area contributed by atoms with Crippen LogP contribution in [0.25, 0.3) is 0 Å². The minimum absolute atomic E-state index is 0.00716. The van der Waals surface area contributed by atoms with E-state index in [2.05, 4.69) is 0 Å². The topological polar surface area (TPSA) is 43.1 Å². The Morgan fingerprint density at radius 1 is 1.16 bits per heavy atom. The summed E-state index contributed by atoms with van der Waals surface area (Å²) in [7, 11) is 0. The van der Waals surface area contributed by atoms with Crippen molar-refractivity contribution in [2.45, 2.75) is 13.3 Å². The van der Waals surface area contributed by atoms with Crippen molar-refractivity contribution in [1.82, 2.24) is 0 Å². The van der Waals surface area contributed by atoms with Crippen LogP contribution in [0.15, 0.2) is 36.4 Å². The highest BCUT2D eigenvalue weighted by Crippen LogP contribution is 2.23. The van der Waals surface area contributed by atoms with Gasteiger partial charge in [-0.25, -0.2) is 0 Å². The molecule has 0 saturated heterocycles. The molecule has 98 valence electrons. The molecule has 0 aliphatic carbocycles. The summed E-state index contributed by atoms with van der Waals surface area (Å²) in [5, 5.41) is 1.12. The fraction of sp³-hybridized carbons (Fsp3) is 0.133. The van der Waals surface area contributed by atoms with Gasteiger partial charge in [-0.1, -0.05) is 23.2 Å². The predicted octanol–water partition coefficient (Wildman–Crippen LogP) is 4.31. The Morgan fingerprint density at radius 2 is 1.89 bits per heavy atom. The maximum atomic E-state index is 12.2. The van der Waals surface area contributed by atoms with E-state index >= 15 is 0 Å². The maximum Gasteiger partial charge on any atom is 0.167 e. The van der Waals surface area contributed by atoms with Crippen LogP contribution in [0.5, 0.6) is 0 Å². The third kappa shape index (κ3) is 3.28. The molecule has 0 atom stereocenters. The van der Waals surface area contributed by atoms with Crippen molar-refractivity contribution in [3.8, 4) is 0 Å². The lowest BCUT2D eigenvalue weighted by molar-refractivity contribution is 0.0993. The lowest BCUT2D eigenvalue weighted by atomic mass is 10.0. The second-order valence-electron chi connectivity index (χ2n) is 4.41. The zero-order valence-corrected chi connectivity index (χ0v) is 11.9. The molecule has 0 aliphatic heterocycles. The molecule has 0 aliphatic rings. The van der Waals surface area contributed by atoms with Crippen molar-refractivity contribution in [3.63, 3.8) is 0 Å². The first kappa shape index (κ1) is 13.9. The van der Waals surface area contributed by atoms with Crippen LogP contribution in [0.1, 0.15) is 21.5 Å². The zero-order valence-electron chi connectivity index (χ0n) is 10.4. The molecule has 0 heterocycles. The van der Waals surface area contributed by atoms with Gasteiger partial charge in [-0.05, 0) is 54.4 Å². The molecule has 0 fully saturated rings. The normalized spacial score (nSPS) is 10.5. The first-order valence-electron chi connectivity index (χ1n) is 5.80. The largest absolute Gasteiger partial charge is 0.399 e. The number of halogens is 2. The Hall–Kier alpha value is -1.51. The summed E-state index contributed by atoms with van der Waals surface area (Å²) in [4.78, 5) is 12.2. The van der Waals surface area contributed by atoms with Crippen molar-refractivity contribution in [2.24, 2.45) is 0 Å². The predicted molar refractivity (Wildman–Crippen MR) is 80.1 cm³/mol. The lowest BCUT2D eigenvalue weighted by Crippen LogP contribution is -2.05. The number of carbonyl (C=O) groups is 1. The zero-order chi connectivity index (χ0) is 14.0. The van der Waals surface area contributed by atoms with Gasteiger partial charge in [-0.3, -0.25) is 4.79 Å². The fourth-order valence-electron chi connectivity index (χ4n) is 1.80. The average Bonchev–Trinajstić information content (AvgIpc) is 2.37. The second kappa shape index (κ2) is 5.64. The molecule has 2 N–H and O–H groups in total. The maximum absolute atomic E-state index is 12.2. The van der Waals surface area contributed by atoms with E-state index in [9.17, 15) is 4.79 Å². The smallest absolute Gasteiger partial charge is 0.167 e. The Bertz CT molecular complexity index is 638. The minimum atomic E-state index is -0.00716. The average molecular weight is 294 g/mol. The third-order valence-electron chi connectivity index (χ3n) is 2.95. The summed E-state index contributed by atoms with van der Waals surface area (Å²) in [6.45, 7) is 1.87. The number of carbonyl (C=O) groups excluding carboxylic acids is 1. The highest BCUT2D eigenvalue weighted by molar-refractivity contribution is 6.33. The number of ketones is 1. The minimum Gasteiger partial charge on any atom is -0.399 e. The first-order valence-corrected chi connectivity index (χ1v) is 6.56. The number of aryl methyl sites for hydroxylation is 1. The van der Waals surface area contributed by atoms with Crippen LogP contribution in [-0.4, -0.2) is 5.78 Å². The standard InChI is InChI=1S/C15H13Cl2NO/c1-9-6-10(2-5-14(9)18)15(19)8-11-7-12(16)3-4-13(11)17/h2-7H,8,18H2,1H3. The van der Waals surface area contributed by atoms with Gasteiger partial charge in [-0.15, -0.1) is 0 Å². The van der Waals surface area contributed by atoms with Crippen LogP contribution in [-0.2, 0) is 6.42 Å². The number of benzene rings is 2. The molecular weight excluding hydrogens is 281 g/mol. The summed E-state index contributed by atoms with van der Waals surface area (Å²) in [6, 6.07) is 10.4. The number of anilines is 1. The van der Waals surface area contributed by atoms with E-state index < -0.39 is 0 Å². The Labute approximate surface area is 122 Å². The summed E-state index contributed by atoms with van der Waals surface area (Å²) in [6.07, 6.45) is 0.225. The van der Waals surface area contributed by atoms with Gasteiger partial charge in [0.1, 0.15) is 0 Å². The Kier molecular flexibility index (Phi) is 4.13. The highest BCUT2D eigenvalue weighted by atomic mass is 35.5. The number of hydrogen-bond donors (Lipinski definition) is 1. The molecule has 2 rings (SSSR count). The quantitative estimate of drug-likeness (QED) is 0.677. The van der Waals surface area contributed by atoms with Gasteiger partial charge >= 0.3 is 0 Å². The number of hydrogen-bond acceptors (Lipinski definition) is 2. The van der Waals surface area contributed by atoms with Crippen LogP contribution in [0.3, 0.4) is 0 Å². The molecule has 2 aromatic rings. The molecular formula is C15H13Cl2NO. The third-order valence-corrected chi connectivity index (χ3v) is 3.55. The van der Waals surface area contributed by atoms with Crippen LogP contribution in [0.2, 0.25) is 10.0 Å². The van der Waals surface area contributed by atoms with Crippen LogP contribution < -0.4 is 5.73 Å². The van der Waals surface area contributed by atoms with E-state index in [1.165, 1.54) is 0 Å². The van der Waals surface area contributed by atoms with Crippen molar-refractivity contribution < 1.29 is 4.79 Å². The van der Waals surface area contributed by atoms with E-state index in [0.717, 1.165) is 11.1 Å². The molecule has 2 nitrogen and oxygen atoms in total. The van der Waals surface area contributed by atoms with Gasteiger partial charge < -0.3 is 5.73 Å². The summed E-state index contributed by atoms with van der Waals surface area (Å²) in [5.74, 6) is -0.00716. The SMILES string of the molecule is Cc1cc(C(=O)Cc2cc(Cl)ccc2Cl)ccc1N. The van der Waals surface area contributed by atoms with E-state index in [4.69, 9.17) is 28.9 Å². The Balaban J connectivity index is 2.25. The van der Waals surface area contributed by atoms with Gasteiger partial charge in [0.25, 0.3) is 0 Å². The number of nitrogen functional groups attached to an aromatic ring is 1. The molecule has 0 radical (unpaired) electrons. The molecule has 0 spiro atoms. The second-order valence-corrected chi connectivity index (χ2v) is 5.25. The monoisotopic (exact) mass is 293 g/mol. The van der Waals surface area contributed by atoms with Crippen LogP contribution >= 0.6 is 23.2 Å². The lowest BCUT2D eigenvalue weighted by Gasteiger charge is -2.06. The Morgan fingerprint density at radius 3 is 2.58 bits per heavy atom. The number of Topliss-reactive ketones (excluding diaryl/α,β-unsaturated/α-hetero) is 1. The van der Waals surface area contributed by atoms with Crippen LogP contribution in [0, 0.1) is 6.92 Å². The molecule has 0 aromatic heterocycles. The van der Waals surface area contributed by atoms with Crippen LogP contribution in [0.4, 0.5) is 5.69 Å². The van der Waals surface area contributed by atoms with Crippen molar-refractivity contribution in [3.05, 3.63) is 63.1 Å². The van der Waals surface area contributed by atoms with Gasteiger partial charge in [0.05, 0.1) is 0 Å². The van der Waals surface area contributed by atoms with Gasteiger partial charge in [0.15, 0.2) is 5.78 Å². The van der Waals surface area contributed by atoms with E-state index in [1.54, 1.807) is 36.4 Å². The molecule has 0 bridgehead atoms. The van der Waals surface area contributed by atoms with Crippen molar-refractivity contribution in [2.75, 3.05) is 5.73 Å². The molecule has 19 heavy (non-hydrogen) atoms. The van der Waals surface area contributed by atoms with Crippen molar-refractivity contribution in [1.29, 1.82) is 0 Å². The molecule has 2 aromatic carbocycles. The van der Waals surface area contributed by atoms with Gasteiger partial charge in [0, 0.05) is 27.7 Å². The highest BCUT2D eigenvalue weighted by Gasteiger charge is 2.11. The summed E-state index contributed by atoms with van der Waals surface area (Å²) >= 11 is 12.0. The van der Waals surface area contributed by atoms with E-state index in [0.29, 0.717) is 21.3 Å². The number of nitrogens with two attached hydrogens (primary N) is 1. The molecule has 0 saturated carbocycles. The number of rotatable bonds is 3. The summed E-state index contributed by atoms with van der Waals surface area (Å²) in [5.41, 5.74) is 8.66. The summed E-state index contributed by atoms with van der Waals surface area (Å²) < 4.78 is 0. The van der Waals surface area contributed by atoms with Gasteiger partial charge in [-0.2, -0.15) is 0 Å².